The van der Waals surface area contributed by atoms with E-state index in [9.17, 15) is 4.79 Å². The van der Waals surface area contributed by atoms with Gasteiger partial charge in [0.2, 0.25) is 0 Å². The monoisotopic (exact) mass is 240 g/mol. The molecular formula is C13H24N2O2. The van der Waals surface area contributed by atoms with Crippen LogP contribution in [0.4, 0.5) is 4.79 Å². The van der Waals surface area contributed by atoms with Crippen LogP contribution in [0.15, 0.2) is 0 Å². The number of hydrogen-bond donors (Lipinski definition) is 2. The highest BCUT2D eigenvalue weighted by Crippen LogP contribution is 2.40. The molecule has 1 saturated carbocycles. The van der Waals surface area contributed by atoms with E-state index < -0.39 is 5.60 Å². The summed E-state index contributed by atoms with van der Waals surface area (Å²) in [7, 11) is 0. The van der Waals surface area contributed by atoms with E-state index in [0.29, 0.717) is 24.5 Å². The van der Waals surface area contributed by atoms with E-state index in [1.54, 1.807) is 0 Å². The van der Waals surface area contributed by atoms with Crippen LogP contribution in [0.2, 0.25) is 0 Å². The zero-order valence-corrected chi connectivity index (χ0v) is 11.2. The molecule has 3 aliphatic rings. The second-order valence-electron chi connectivity index (χ2n) is 6.44. The molecule has 4 heteroatoms. The zero-order valence-electron chi connectivity index (χ0n) is 11.2. The standard InChI is InChI=1S/C13H24N2O2/c1-8-9-5-10(6-9)15-11(8)7-14-12(16)17-13(2,3)4/h8-11,15H,5-7H2,1-4H3,(H,14,16). The smallest absolute Gasteiger partial charge is 0.407 e. The van der Waals surface area contributed by atoms with Crippen LogP contribution in [-0.4, -0.2) is 30.3 Å². The summed E-state index contributed by atoms with van der Waals surface area (Å²) in [4.78, 5) is 11.5. The molecule has 0 aromatic carbocycles. The Morgan fingerprint density at radius 2 is 2.06 bits per heavy atom. The number of alkyl carbamates (subject to hydrolysis) is 1. The number of amides is 1. The SMILES string of the molecule is CC1C2CC(C2)NC1CNC(=O)OC(C)(C)C. The maximum atomic E-state index is 11.5. The maximum absolute atomic E-state index is 11.5. The fourth-order valence-electron chi connectivity index (χ4n) is 2.76. The molecule has 2 bridgehead atoms. The molecule has 3 rings (SSSR count). The van der Waals surface area contributed by atoms with Crippen LogP contribution in [0.3, 0.4) is 0 Å². The summed E-state index contributed by atoms with van der Waals surface area (Å²) >= 11 is 0. The highest BCUT2D eigenvalue weighted by atomic mass is 16.6. The predicted octanol–water partition coefficient (Wildman–Crippen LogP) is 1.90. The summed E-state index contributed by atoms with van der Waals surface area (Å²) in [5.74, 6) is 1.50. The van der Waals surface area contributed by atoms with Gasteiger partial charge in [-0.05, 0) is 45.4 Å². The van der Waals surface area contributed by atoms with E-state index in [0.717, 1.165) is 5.92 Å². The van der Waals surface area contributed by atoms with Gasteiger partial charge in [0.25, 0.3) is 0 Å². The number of nitrogens with one attached hydrogen (secondary N) is 2. The van der Waals surface area contributed by atoms with Crippen molar-refractivity contribution in [1.29, 1.82) is 0 Å². The van der Waals surface area contributed by atoms with Crippen LogP contribution >= 0.6 is 0 Å². The van der Waals surface area contributed by atoms with Crippen LogP contribution in [0, 0.1) is 11.8 Å². The van der Waals surface area contributed by atoms with E-state index in [1.165, 1.54) is 12.8 Å². The van der Waals surface area contributed by atoms with Crippen molar-refractivity contribution < 1.29 is 9.53 Å². The van der Waals surface area contributed by atoms with Crippen molar-refractivity contribution in [2.75, 3.05) is 6.54 Å². The Bertz CT molecular complexity index is 292. The van der Waals surface area contributed by atoms with E-state index in [4.69, 9.17) is 4.74 Å². The van der Waals surface area contributed by atoms with E-state index in [-0.39, 0.29) is 6.09 Å². The third-order valence-corrected chi connectivity index (χ3v) is 3.87. The van der Waals surface area contributed by atoms with Crippen molar-refractivity contribution in [2.45, 2.75) is 58.2 Å². The van der Waals surface area contributed by atoms with Crippen LogP contribution in [0.5, 0.6) is 0 Å². The molecule has 3 fully saturated rings. The summed E-state index contributed by atoms with van der Waals surface area (Å²) in [6.07, 6.45) is 2.31. The lowest BCUT2D eigenvalue weighted by Crippen LogP contribution is -2.61. The zero-order chi connectivity index (χ0) is 12.6. The van der Waals surface area contributed by atoms with Crippen molar-refractivity contribution in [3.63, 3.8) is 0 Å². The van der Waals surface area contributed by atoms with Crippen molar-refractivity contribution >= 4 is 6.09 Å². The van der Waals surface area contributed by atoms with Crippen molar-refractivity contribution in [1.82, 2.24) is 10.6 Å². The molecule has 1 amide bonds. The Kier molecular flexibility index (Phi) is 3.34. The van der Waals surface area contributed by atoms with Gasteiger partial charge in [0.1, 0.15) is 5.60 Å². The van der Waals surface area contributed by atoms with Crippen LogP contribution in [-0.2, 0) is 4.74 Å². The number of rotatable bonds is 2. The number of carbonyl (C=O) groups excluding carboxylic acids is 1. The van der Waals surface area contributed by atoms with Crippen LogP contribution in [0.25, 0.3) is 0 Å². The number of carbonyl (C=O) groups is 1. The number of piperidine rings is 2. The average Bonchev–Trinajstić information content (AvgIpc) is 2.11. The van der Waals surface area contributed by atoms with E-state index in [2.05, 4.69) is 17.6 Å². The molecule has 0 aromatic heterocycles. The third-order valence-electron chi connectivity index (χ3n) is 3.87. The van der Waals surface area contributed by atoms with Crippen molar-refractivity contribution in [3.8, 4) is 0 Å². The van der Waals surface area contributed by atoms with E-state index in [1.807, 2.05) is 20.8 Å². The number of ether oxygens (including phenoxy) is 1. The molecule has 0 spiro atoms. The Balaban J connectivity index is 1.73. The molecule has 4 nitrogen and oxygen atoms in total. The Morgan fingerprint density at radius 1 is 1.41 bits per heavy atom. The summed E-state index contributed by atoms with van der Waals surface area (Å²) in [6, 6.07) is 1.08. The normalized spacial score (nSPS) is 36.0. The molecule has 2 aliphatic heterocycles. The van der Waals surface area contributed by atoms with Crippen LogP contribution in [0.1, 0.15) is 40.5 Å². The Labute approximate surface area is 103 Å². The number of fused-ring (bicyclic) bond motifs is 2. The second kappa shape index (κ2) is 4.48. The van der Waals surface area contributed by atoms with Crippen molar-refractivity contribution in [3.05, 3.63) is 0 Å². The van der Waals surface area contributed by atoms with Gasteiger partial charge in [-0.25, -0.2) is 4.79 Å². The molecule has 2 saturated heterocycles. The van der Waals surface area contributed by atoms with Gasteiger partial charge in [0.05, 0.1) is 0 Å². The lowest BCUT2D eigenvalue weighted by Gasteiger charge is -2.51. The summed E-state index contributed by atoms with van der Waals surface area (Å²) in [6.45, 7) is 8.58. The molecule has 2 unspecified atom stereocenters. The van der Waals surface area contributed by atoms with Gasteiger partial charge in [0, 0.05) is 18.6 Å². The highest BCUT2D eigenvalue weighted by Gasteiger charge is 2.42. The largest absolute Gasteiger partial charge is 0.444 e. The first kappa shape index (κ1) is 12.7. The first-order valence-corrected chi connectivity index (χ1v) is 6.58. The van der Waals surface area contributed by atoms with Crippen LogP contribution < -0.4 is 10.6 Å². The Hall–Kier alpha value is -0.770. The lowest BCUT2D eigenvalue weighted by molar-refractivity contribution is 0.0392. The molecule has 2 heterocycles. The van der Waals surface area contributed by atoms with E-state index >= 15 is 0 Å². The first-order valence-electron chi connectivity index (χ1n) is 6.58. The first-order chi connectivity index (χ1) is 7.85. The molecule has 17 heavy (non-hydrogen) atoms. The molecule has 2 atom stereocenters. The summed E-state index contributed by atoms with van der Waals surface area (Å²) in [5.41, 5.74) is -0.419. The molecule has 98 valence electrons. The van der Waals surface area contributed by atoms with Gasteiger partial charge in [-0.2, -0.15) is 0 Å². The molecule has 0 aromatic rings. The molecule has 1 aliphatic carbocycles. The lowest BCUT2D eigenvalue weighted by atomic mass is 9.66. The minimum atomic E-state index is -0.419. The predicted molar refractivity (Wildman–Crippen MR) is 66.8 cm³/mol. The maximum Gasteiger partial charge on any atom is 0.407 e. The summed E-state index contributed by atoms with van der Waals surface area (Å²) in [5, 5.41) is 6.44. The van der Waals surface area contributed by atoms with Gasteiger partial charge >= 0.3 is 6.09 Å². The average molecular weight is 240 g/mol. The van der Waals surface area contributed by atoms with Gasteiger partial charge in [-0.15, -0.1) is 0 Å². The summed E-state index contributed by atoms with van der Waals surface area (Å²) < 4.78 is 5.22. The fraction of sp³-hybridized carbons (Fsp3) is 0.923. The van der Waals surface area contributed by atoms with Gasteiger partial charge < -0.3 is 15.4 Å². The number of hydrogen-bond acceptors (Lipinski definition) is 3. The Morgan fingerprint density at radius 3 is 2.59 bits per heavy atom. The molecule has 2 N–H and O–H groups in total. The quantitative estimate of drug-likeness (QED) is 0.775. The second-order valence-corrected chi connectivity index (χ2v) is 6.44. The minimum absolute atomic E-state index is 0.314. The fourth-order valence-corrected chi connectivity index (χ4v) is 2.76. The topological polar surface area (TPSA) is 50.4 Å². The molecule has 0 radical (unpaired) electrons. The minimum Gasteiger partial charge on any atom is -0.444 e. The van der Waals surface area contributed by atoms with Gasteiger partial charge in [-0.3, -0.25) is 0 Å². The molecular weight excluding hydrogens is 216 g/mol. The van der Waals surface area contributed by atoms with Gasteiger partial charge in [0.15, 0.2) is 0 Å². The highest BCUT2D eigenvalue weighted by molar-refractivity contribution is 5.67. The van der Waals surface area contributed by atoms with Crippen molar-refractivity contribution in [2.24, 2.45) is 11.8 Å². The third kappa shape index (κ3) is 3.12. The van der Waals surface area contributed by atoms with Gasteiger partial charge in [-0.1, -0.05) is 6.92 Å².